The number of halogens is 1. The van der Waals surface area contributed by atoms with E-state index in [4.69, 9.17) is 11.6 Å². The molecule has 3 heteroatoms. The molecule has 0 rings (SSSR count). The highest BCUT2D eigenvalue weighted by Crippen LogP contribution is 1.97. The minimum atomic E-state index is 0.0421. The lowest BCUT2D eigenvalue weighted by molar-refractivity contribution is -0.129. The van der Waals surface area contributed by atoms with Crippen LogP contribution in [-0.4, -0.2) is 29.8 Å². The third kappa shape index (κ3) is 3.72. The van der Waals surface area contributed by atoms with E-state index < -0.39 is 0 Å². The zero-order chi connectivity index (χ0) is 8.15. The maximum Gasteiger partial charge on any atom is 0.222 e. The minimum absolute atomic E-state index is 0.0421. The molecule has 0 bridgehead atoms. The lowest BCUT2D eigenvalue weighted by Crippen LogP contribution is -2.30. The van der Waals surface area contributed by atoms with Gasteiger partial charge in [-0.3, -0.25) is 4.79 Å². The maximum absolute atomic E-state index is 10.9. The molecule has 0 heterocycles. The van der Waals surface area contributed by atoms with E-state index in [0.717, 1.165) is 0 Å². The average Bonchev–Trinajstić information content (AvgIpc) is 1.85. The topological polar surface area (TPSA) is 20.3 Å². The summed E-state index contributed by atoms with van der Waals surface area (Å²) in [7, 11) is 1.77. The summed E-state index contributed by atoms with van der Waals surface area (Å²) >= 11 is 5.68. The van der Waals surface area contributed by atoms with Crippen molar-refractivity contribution in [3.63, 3.8) is 0 Å². The van der Waals surface area contributed by atoms with E-state index in [-0.39, 0.29) is 11.3 Å². The highest BCUT2D eigenvalue weighted by Gasteiger charge is 2.07. The summed E-state index contributed by atoms with van der Waals surface area (Å²) in [5.41, 5.74) is 0. The Labute approximate surface area is 67.2 Å². The Kier molecular flexibility index (Phi) is 4.45. The van der Waals surface area contributed by atoms with Crippen LogP contribution < -0.4 is 0 Å². The Hall–Kier alpha value is -0.240. The number of nitrogens with zero attached hydrogens (tertiary/aromatic N) is 1. The smallest absolute Gasteiger partial charge is 0.222 e. The summed E-state index contributed by atoms with van der Waals surface area (Å²) in [4.78, 5) is 12.6. The largest absolute Gasteiger partial charge is 0.344 e. The third-order valence-electron chi connectivity index (χ3n) is 1.25. The van der Waals surface area contributed by atoms with E-state index >= 15 is 0 Å². The molecule has 2 nitrogen and oxygen atoms in total. The first-order chi connectivity index (χ1) is 4.57. The van der Waals surface area contributed by atoms with Gasteiger partial charge in [0.15, 0.2) is 0 Å². The highest BCUT2D eigenvalue weighted by molar-refractivity contribution is 6.20. The van der Waals surface area contributed by atoms with Gasteiger partial charge in [-0.25, -0.2) is 0 Å². The van der Waals surface area contributed by atoms with E-state index in [1.54, 1.807) is 11.9 Å². The zero-order valence-corrected chi connectivity index (χ0v) is 7.48. The van der Waals surface area contributed by atoms with Gasteiger partial charge in [0.05, 0.1) is 0 Å². The second-order valence-corrected chi connectivity index (χ2v) is 3.15. The fourth-order valence-corrected chi connectivity index (χ4v) is 0.956. The van der Waals surface area contributed by atoms with Gasteiger partial charge >= 0.3 is 0 Å². The van der Waals surface area contributed by atoms with E-state index in [1.807, 2.05) is 13.8 Å². The third-order valence-corrected chi connectivity index (χ3v) is 1.39. The van der Waals surface area contributed by atoms with Crippen LogP contribution in [0.4, 0.5) is 0 Å². The van der Waals surface area contributed by atoms with Crippen LogP contribution in [0.5, 0.6) is 0 Å². The second kappa shape index (κ2) is 4.56. The molecule has 0 saturated carbocycles. The average molecular weight is 164 g/mol. The van der Waals surface area contributed by atoms with Crippen molar-refractivity contribution in [1.29, 1.82) is 0 Å². The number of hydrogen-bond donors (Lipinski definition) is 0. The Morgan fingerprint density at radius 2 is 2.20 bits per heavy atom. The van der Waals surface area contributed by atoms with Crippen molar-refractivity contribution in [3.8, 4) is 0 Å². The van der Waals surface area contributed by atoms with Crippen molar-refractivity contribution >= 4 is 17.5 Å². The van der Waals surface area contributed by atoms with Crippen LogP contribution in [0.2, 0.25) is 0 Å². The zero-order valence-electron chi connectivity index (χ0n) is 6.72. The summed E-state index contributed by atoms with van der Waals surface area (Å²) in [6.07, 6.45) is 0.556. The predicted octanol–water partition coefficient (Wildman–Crippen LogP) is 1.48. The van der Waals surface area contributed by atoms with Crippen LogP contribution >= 0.6 is 11.6 Å². The first-order valence-corrected chi connectivity index (χ1v) is 3.89. The Morgan fingerprint density at radius 3 is 2.50 bits per heavy atom. The molecule has 0 aliphatic carbocycles. The number of carbonyl (C=O) groups is 1. The van der Waals surface area contributed by atoms with Crippen LogP contribution in [0.15, 0.2) is 0 Å². The number of alkyl halides is 1. The van der Waals surface area contributed by atoms with E-state index in [2.05, 4.69) is 0 Å². The van der Waals surface area contributed by atoms with E-state index in [0.29, 0.717) is 13.0 Å². The number of amides is 1. The van der Waals surface area contributed by atoms with Crippen molar-refractivity contribution in [2.24, 2.45) is 0 Å². The predicted molar refractivity (Wildman–Crippen MR) is 43.2 cm³/mol. The van der Waals surface area contributed by atoms with Crippen molar-refractivity contribution in [2.75, 3.05) is 13.6 Å². The summed E-state index contributed by atoms with van der Waals surface area (Å²) in [6, 6.07) is 0. The van der Waals surface area contributed by atoms with Gasteiger partial charge in [0.25, 0.3) is 0 Å². The van der Waals surface area contributed by atoms with Gasteiger partial charge in [-0.05, 0) is 6.92 Å². The van der Waals surface area contributed by atoms with Gasteiger partial charge in [-0.2, -0.15) is 0 Å². The van der Waals surface area contributed by atoms with Crippen LogP contribution in [0, 0.1) is 0 Å². The lowest BCUT2D eigenvalue weighted by atomic mass is 10.4. The minimum Gasteiger partial charge on any atom is -0.344 e. The standard InChI is InChI=1S/C7H14ClNO/c1-4-7(10)9(3)5-6(2)8/h6H,4-5H2,1-3H3. The van der Waals surface area contributed by atoms with Crippen molar-refractivity contribution in [3.05, 3.63) is 0 Å². The van der Waals surface area contributed by atoms with Gasteiger partial charge in [0.2, 0.25) is 5.91 Å². The molecule has 1 atom stereocenters. The van der Waals surface area contributed by atoms with Crippen LogP contribution in [0.3, 0.4) is 0 Å². The molecule has 0 N–H and O–H groups in total. The maximum atomic E-state index is 10.9. The van der Waals surface area contributed by atoms with Gasteiger partial charge in [0, 0.05) is 25.4 Å². The molecule has 10 heavy (non-hydrogen) atoms. The Morgan fingerprint density at radius 1 is 1.70 bits per heavy atom. The summed E-state index contributed by atoms with van der Waals surface area (Å²) in [6.45, 7) is 4.35. The second-order valence-electron chi connectivity index (χ2n) is 2.41. The van der Waals surface area contributed by atoms with Crippen molar-refractivity contribution < 1.29 is 4.79 Å². The molecule has 0 fully saturated rings. The highest BCUT2D eigenvalue weighted by atomic mass is 35.5. The molecule has 0 aromatic carbocycles. The molecule has 0 saturated heterocycles. The Bertz CT molecular complexity index is 114. The molecule has 0 aliphatic heterocycles. The first-order valence-electron chi connectivity index (χ1n) is 3.46. The number of rotatable bonds is 3. The molecule has 0 spiro atoms. The molecule has 0 radical (unpaired) electrons. The first kappa shape index (κ1) is 9.76. The fraction of sp³-hybridized carbons (Fsp3) is 0.857. The van der Waals surface area contributed by atoms with Crippen LogP contribution in [0.1, 0.15) is 20.3 Å². The summed E-state index contributed by atoms with van der Waals surface area (Å²) in [5.74, 6) is 0.146. The van der Waals surface area contributed by atoms with Gasteiger partial charge in [0.1, 0.15) is 0 Å². The normalized spacial score (nSPS) is 12.8. The summed E-state index contributed by atoms with van der Waals surface area (Å²) < 4.78 is 0. The van der Waals surface area contributed by atoms with Crippen LogP contribution in [-0.2, 0) is 4.79 Å². The molecule has 0 aromatic rings. The fourth-order valence-electron chi connectivity index (χ4n) is 0.749. The molecule has 60 valence electrons. The number of hydrogen-bond acceptors (Lipinski definition) is 1. The Balaban J connectivity index is 3.61. The number of carbonyl (C=O) groups excluding carboxylic acids is 1. The van der Waals surface area contributed by atoms with E-state index in [9.17, 15) is 4.79 Å². The molecule has 0 aromatic heterocycles. The monoisotopic (exact) mass is 163 g/mol. The molecule has 0 aliphatic rings. The van der Waals surface area contributed by atoms with Crippen LogP contribution in [0.25, 0.3) is 0 Å². The molecular formula is C7H14ClNO. The lowest BCUT2D eigenvalue weighted by Gasteiger charge is -2.16. The summed E-state index contributed by atoms with van der Waals surface area (Å²) in [5, 5.41) is 0.0421. The molecule has 1 unspecified atom stereocenters. The van der Waals surface area contributed by atoms with Gasteiger partial charge in [-0.1, -0.05) is 6.92 Å². The molecular weight excluding hydrogens is 150 g/mol. The quantitative estimate of drug-likeness (QED) is 0.578. The SMILES string of the molecule is CCC(=O)N(C)CC(C)Cl. The van der Waals surface area contributed by atoms with Gasteiger partial charge in [-0.15, -0.1) is 11.6 Å². The van der Waals surface area contributed by atoms with Gasteiger partial charge < -0.3 is 4.90 Å². The van der Waals surface area contributed by atoms with Crippen molar-refractivity contribution in [2.45, 2.75) is 25.6 Å². The molecule has 1 amide bonds. The van der Waals surface area contributed by atoms with Crippen molar-refractivity contribution in [1.82, 2.24) is 4.90 Å². The van der Waals surface area contributed by atoms with E-state index in [1.165, 1.54) is 0 Å².